The molecule has 0 saturated heterocycles. The van der Waals surface area contributed by atoms with Crippen LogP contribution in [-0.4, -0.2) is 10.9 Å². The van der Waals surface area contributed by atoms with Crippen LogP contribution in [0.3, 0.4) is 0 Å². The van der Waals surface area contributed by atoms with Gasteiger partial charge >= 0.3 is 0 Å². The Balaban J connectivity index is 2.23. The molecule has 0 bridgehead atoms. The lowest BCUT2D eigenvalue weighted by Gasteiger charge is -2.05. The maximum atomic E-state index is 12.8. The molecule has 1 heterocycles. The molecule has 0 atom stereocenters. The number of carbonyl (C=O) groups excluding carboxylic acids is 1. The van der Waals surface area contributed by atoms with Crippen LogP contribution in [0.25, 0.3) is 0 Å². The minimum Gasteiger partial charge on any atom is -0.349 e. The minimum absolute atomic E-state index is 0.352. The van der Waals surface area contributed by atoms with Gasteiger partial charge in [0, 0.05) is 29.5 Å². The first-order chi connectivity index (χ1) is 7.69. The summed E-state index contributed by atoms with van der Waals surface area (Å²) in [5.41, 5.74) is 1.43. The number of aldehydes is 1. The van der Waals surface area contributed by atoms with Crippen LogP contribution in [-0.2, 0) is 6.54 Å². The van der Waals surface area contributed by atoms with Gasteiger partial charge in [-0.3, -0.25) is 4.79 Å². The fourth-order valence-electron chi connectivity index (χ4n) is 1.47. The van der Waals surface area contributed by atoms with Crippen molar-refractivity contribution in [3.63, 3.8) is 0 Å². The van der Waals surface area contributed by atoms with E-state index >= 15 is 0 Å². The molecule has 2 nitrogen and oxygen atoms in total. The van der Waals surface area contributed by atoms with Crippen molar-refractivity contribution in [2.75, 3.05) is 0 Å². The van der Waals surface area contributed by atoms with Gasteiger partial charge in [-0.2, -0.15) is 0 Å². The summed E-state index contributed by atoms with van der Waals surface area (Å²) in [6.45, 7) is 0.521. The molecule has 2 aromatic rings. The second-order valence-corrected chi connectivity index (χ2v) is 3.88. The Morgan fingerprint density at radius 3 is 2.81 bits per heavy atom. The van der Waals surface area contributed by atoms with Crippen molar-refractivity contribution in [1.82, 2.24) is 4.57 Å². The van der Waals surface area contributed by atoms with Crippen molar-refractivity contribution in [3.8, 4) is 0 Å². The van der Waals surface area contributed by atoms with Crippen LogP contribution in [0.15, 0.2) is 36.7 Å². The van der Waals surface area contributed by atoms with Crippen molar-refractivity contribution in [2.24, 2.45) is 0 Å². The van der Waals surface area contributed by atoms with E-state index < -0.39 is 0 Å². The van der Waals surface area contributed by atoms with E-state index in [1.54, 1.807) is 24.5 Å². The van der Waals surface area contributed by atoms with Gasteiger partial charge in [-0.25, -0.2) is 4.39 Å². The molecule has 0 aliphatic rings. The van der Waals surface area contributed by atoms with Crippen LogP contribution in [0.4, 0.5) is 4.39 Å². The van der Waals surface area contributed by atoms with E-state index in [1.807, 2.05) is 4.57 Å². The van der Waals surface area contributed by atoms with Crippen LogP contribution in [0, 0.1) is 5.82 Å². The van der Waals surface area contributed by atoms with Gasteiger partial charge in [0.2, 0.25) is 0 Å². The van der Waals surface area contributed by atoms with Crippen molar-refractivity contribution in [3.05, 3.63) is 58.6 Å². The van der Waals surface area contributed by atoms with E-state index in [9.17, 15) is 9.18 Å². The second-order valence-electron chi connectivity index (χ2n) is 3.47. The van der Waals surface area contributed by atoms with Crippen LogP contribution in [0.5, 0.6) is 0 Å². The molecule has 1 aromatic heterocycles. The topological polar surface area (TPSA) is 22.0 Å². The van der Waals surface area contributed by atoms with Gasteiger partial charge in [0.25, 0.3) is 0 Å². The zero-order chi connectivity index (χ0) is 11.5. The fourth-order valence-corrected chi connectivity index (χ4v) is 1.70. The van der Waals surface area contributed by atoms with E-state index in [-0.39, 0.29) is 5.82 Å². The standard InChI is InChI=1S/C12H9ClFNO/c13-12-5-11(14)2-1-10(12)7-15-4-3-9(6-15)8-16/h1-6,8H,7H2. The Morgan fingerprint density at radius 1 is 1.38 bits per heavy atom. The normalized spacial score (nSPS) is 10.4. The van der Waals surface area contributed by atoms with Crippen LogP contribution in [0.1, 0.15) is 15.9 Å². The Bertz CT molecular complexity index is 521. The zero-order valence-corrected chi connectivity index (χ0v) is 9.12. The molecule has 0 amide bonds. The van der Waals surface area contributed by atoms with Gasteiger partial charge in [0.05, 0.1) is 0 Å². The monoisotopic (exact) mass is 237 g/mol. The third-order valence-corrected chi connectivity index (χ3v) is 2.63. The molecule has 82 valence electrons. The summed E-state index contributed by atoms with van der Waals surface area (Å²) in [5, 5.41) is 0.390. The average molecular weight is 238 g/mol. The number of carbonyl (C=O) groups is 1. The molecule has 0 saturated carbocycles. The molecular formula is C12H9ClFNO. The van der Waals surface area contributed by atoms with E-state index in [0.717, 1.165) is 11.8 Å². The molecule has 16 heavy (non-hydrogen) atoms. The summed E-state index contributed by atoms with van der Waals surface area (Å²) < 4.78 is 14.6. The molecule has 0 N–H and O–H groups in total. The average Bonchev–Trinajstić information content (AvgIpc) is 2.70. The maximum Gasteiger partial charge on any atom is 0.151 e. The Labute approximate surface area is 97.3 Å². The fraction of sp³-hybridized carbons (Fsp3) is 0.0833. The third kappa shape index (κ3) is 2.31. The Morgan fingerprint density at radius 2 is 2.19 bits per heavy atom. The summed E-state index contributed by atoms with van der Waals surface area (Å²) in [4.78, 5) is 10.5. The molecule has 0 spiro atoms. The predicted molar refractivity (Wildman–Crippen MR) is 60.3 cm³/mol. The molecule has 0 aliphatic carbocycles. The highest BCUT2D eigenvalue weighted by Crippen LogP contribution is 2.18. The number of hydrogen-bond acceptors (Lipinski definition) is 1. The first-order valence-electron chi connectivity index (χ1n) is 4.74. The van der Waals surface area contributed by atoms with E-state index in [2.05, 4.69) is 0 Å². The molecular weight excluding hydrogens is 229 g/mol. The summed E-state index contributed by atoms with van der Waals surface area (Å²) >= 11 is 5.90. The molecule has 4 heteroatoms. The Kier molecular flexibility index (Phi) is 3.06. The maximum absolute atomic E-state index is 12.8. The summed E-state index contributed by atoms with van der Waals surface area (Å²) in [6, 6.07) is 6.00. The largest absolute Gasteiger partial charge is 0.349 e. The number of halogens is 2. The lowest BCUT2D eigenvalue weighted by molar-refractivity contribution is 0.112. The molecule has 2 rings (SSSR count). The molecule has 0 unspecified atom stereocenters. The lowest BCUT2D eigenvalue weighted by atomic mass is 10.2. The smallest absolute Gasteiger partial charge is 0.151 e. The molecule has 0 fully saturated rings. The number of aromatic nitrogens is 1. The lowest BCUT2D eigenvalue weighted by Crippen LogP contribution is -1.97. The Hall–Kier alpha value is -1.61. The van der Waals surface area contributed by atoms with E-state index in [4.69, 9.17) is 11.6 Å². The highest BCUT2D eigenvalue weighted by Gasteiger charge is 2.03. The first-order valence-corrected chi connectivity index (χ1v) is 5.12. The predicted octanol–water partition coefficient (Wildman–Crippen LogP) is 3.14. The van der Waals surface area contributed by atoms with Gasteiger partial charge < -0.3 is 4.57 Å². The van der Waals surface area contributed by atoms with Gasteiger partial charge in [-0.15, -0.1) is 0 Å². The number of rotatable bonds is 3. The number of benzene rings is 1. The van der Waals surface area contributed by atoms with Gasteiger partial charge in [-0.1, -0.05) is 17.7 Å². The van der Waals surface area contributed by atoms with Crippen LogP contribution >= 0.6 is 11.6 Å². The van der Waals surface area contributed by atoms with Gasteiger partial charge in [0.15, 0.2) is 6.29 Å². The summed E-state index contributed by atoms with van der Waals surface area (Å²) in [7, 11) is 0. The van der Waals surface area contributed by atoms with Crippen LogP contribution in [0.2, 0.25) is 5.02 Å². The first kappa shape index (κ1) is 10.9. The third-order valence-electron chi connectivity index (χ3n) is 2.28. The summed E-state index contributed by atoms with van der Waals surface area (Å²) in [6.07, 6.45) is 4.28. The minimum atomic E-state index is -0.352. The SMILES string of the molecule is O=Cc1ccn(Cc2ccc(F)cc2Cl)c1. The van der Waals surface area contributed by atoms with Crippen molar-refractivity contribution >= 4 is 17.9 Å². The molecule has 0 aliphatic heterocycles. The molecule has 1 aromatic carbocycles. The quantitative estimate of drug-likeness (QED) is 0.752. The van der Waals surface area contributed by atoms with Gasteiger partial charge in [-0.05, 0) is 23.8 Å². The highest BCUT2D eigenvalue weighted by atomic mass is 35.5. The number of nitrogens with zero attached hydrogens (tertiary/aromatic N) is 1. The zero-order valence-electron chi connectivity index (χ0n) is 8.36. The van der Waals surface area contributed by atoms with Gasteiger partial charge in [0.1, 0.15) is 5.82 Å². The molecule has 0 radical (unpaired) electrons. The van der Waals surface area contributed by atoms with Crippen LogP contribution < -0.4 is 0 Å². The van der Waals surface area contributed by atoms with Crippen molar-refractivity contribution < 1.29 is 9.18 Å². The second kappa shape index (κ2) is 4.49. The highest BCUT2D eigenvalue weighted by molar-refractivity contribution is 6.31. The van der Waals surface area contributed by atoms with Crippen molar-refractivity contribution in [2.45, 2.75) is 6.54 Å². The van der Waals surface area contributed by atoms with E-state index in [0.29, 0.717) is 17.1 Å². The summed E-state index contributed by atoms with van der Waals surface area (Å²) in [5.74, 6) is -0.352. The van der Waals surface area contributed by atoms with E-state index in [1.165, 1.54) is 12.1 Å². The number of hydrogen-bond donors (Lipinski definition) is 0. The van der Waals surface area contributed by atoms with Crippen molar-refractivity contribution in [1.29, 1.82) is 0 Å².